The molecule has 1 heterocycles. The molecule has 0 aliphatic carbocycles. The van der Waals surface area contributed by atoms with Gasteiger partial charge in [0.05, 0.1) is 10.6 Å². The Kier molecular flexibility index (Phi) is 5.54. The van der Waals surface area contributed by atoms with E-state index in [-0.39, 0.29) is 16.4 Å². The van der Waals surface area contributed by atoms with Crippen LogP contribution in [0.15, 0.2) is 34.0 Å². The summed E-state index contributed by atoms with van der Waals surface area (Å²) in [7, 11) is -1.78. The molecular weight excluding hydrogens is 350 g/mol. The molecular formula is C19H29N3O3S. The van der Waals surface area contributed by atoms with Crippen molar-refractivity contribution >= 4 is 10.0 Å². The maximum atomic E-state index is 12.8. The van der Waals surface area contributed by atoms with Crippen molar-refractivity contribution in [2.75, 3.05) is 0 Å². The van der Waals surface area contributed by atoms with Crippen LogP contribution < -0.4 is 10.3 Å². The van der Waals surface area contributed by atoms with E-state index in [0.29, 0.717) is 12.1 Å². The number of sulfonamides is 1. The molecule has 0 saturated heterocycles. The van der Waals surface area contributed by atoms with Gasteiger partial charge in [0.25, 0.3) is 5.56 Å². The molecule has 0 amide bonds. The monoisotopic (exact) mass is 379 g/mol. The quantitative estimate of drug-likeness (QED) is 0.838. The molecule has 1 N–H and O–H groups in total. The molecule has 0 atom stereocenters. The molecule has 0 aliphatic rings. The number of nitrogens with one attached hydrogen (secondary N) is 1. The highest BCUT2D eigenvalue weighted by Crippen LogP contribution is 2.20. The number of aromatic nitrogens is 2. The van der Waals surface area contributed by atoms with Crippen molar-refractivity contribution in [2.24, 2.45) is 7.05 Å². The van der Waals surface area contributed by atoms with Gasteiger partial charge in [0.2, 0.25) is 10.0 Å². The third kappa shape index (κ3) is 3.78. The van der Waals surface area contributed by atoms with Crippen molar-refractivity contribution in [1.29, 1.82) is 0 Å². The fraction of sp³-hybridized carbons (Fsp3) is 0.526. The van der Waals surface area contributed by atoms with Crippen LogP contribution >= 0.6 is 0 Å². The molecule has 144 valence electrons. The van der Waals surface area contributed by atoms with E-state index in [1.165, 1.54) is 12.1 Å². The number of hydrogen-bond donors (Lipinski definition) is 1. The second-order valence-electron chi connectivity index (χ2n) is 7.63. The summed E-state index contributed by atoms with van der Waals surface area (Å²) in [6, 6.07) is 6.40. The maximum Gasteiger partial charge on any atom is 0.275 e. The van der Waals surface area contributed by atoms with Crippen LogP contribution in [0.5, 0.6) is 0 Å². The second-order valence-corrected chi connectivity index (χ2v) is 9.31. The molecule has 1 aromatic heterocycles. The maximum absolute atomic E-state index is 12.8. The number of benzene rings is 1. The molecule has 0 fully saturated rings. The van der Waals surface area contributed by atoms with Crippen LogP contribution in [0.2, 0.25) is 0 Å². The predicted octanol–water partition coefficient (Wildman–Crippen LogP) is 3.07. The van der Waals surface area contributed by atoms with Gasteiger partial charge in [-0.15, -0.1) is 0 Å². The molecule has 7 heteroatoms. The van der Waals surface area contributed by atoms with Crippen molar-refractivity contribution in [1.82, 2.24) is 14.1 Å². The highest BCUT2D eigenvalue weighted by Gasteiger charge is 2.25. The summed E-state index contributed by atoms with van der Waals surface area (Å²) < 4.78 is 31.2. The van der Waals surface area contributed by atoms with E-state index in [2.05, 4.69) is 4.72 Å². The molecule has 0 aliphatic heterocycles. The summed E-state index contributed by atoms with van der Waals surface area (Å²) in [5.41, 5.74) is 1.74. The zero-order chi connectivity index (χ0) is 19.9. The minimum atomic E-state index is -3.61. The molecule has 6 nitrogen and oxygen atoms in total. The first kappa shape index (κ1) is 20.5. The van der Waals surface area contributed by atoms with Gasteiger partial charge in [-0.3, -0.25) is 9.48 Å². The van der Waals surface area contributed by atoms with Crippen LogP contribution in [0, 0.1) is 6.92 Å². The van der Waals surface area contributed by atoms with Gasteiger partial charge in [-0.25, -0.2) is 17.8 Å². The van der Waals surface area contributed by atoms with Crippen LogP contribution in [-0.4, -0.2) is 23.3 Å². The zero-order valence-electron chi connectivity index (χ0n) is 16.6. The third-order valence-corrected chi connectivity index (χ3v) is 6.58. The van der Waals surface area contributed by atoms with E-state index in [1.807, 2.05) is 48.6 Å². The Bertz CT molecular complexity index is 949. The molecule has 2 aromatic rings. The predicted molar refractivity (Wildman–Crippen MR) is 105 cm³/mol. The Hall–Kier alpha value is -1.86. The first-order chi connectivity index (χ1) is 11.9. The van der Waals surface area contributed by atoms with Gasteiger partial charge in [-0.1, -0.05) is 20.8 Å². The van der Waals surface area contributed by atoms with Crippen LogP contribution in [0.4, 0.5) is 0 Å². The Morgan fingerprint density at radius 3 is 2.12 bits per heavy atom. The van der Waals surface area contributed by atoms with Crippen LogP contribution in [0.1, 0.15) is 58.2 Å². The van der Waals surface area contributed by atoms with E-state index >= 15 is 0 Å². The van der Waals surface area contributed by atoms with Gasteiger partial charge in [-0.05, 0) is 57.4 Å². The topological polar surface area (TPSA) is 73.1 Å². The molecule has 0 saturated carbocycles. The minimum Gasteiger partial charge on any atom is -0.285 e. The molecule has 1 aromatic carbocycles. The van der Waals surface area contributed by atoms with Gasteiger partial charge in [0, 0.05) is 23.8 Å². The summed E-state index contributed by atoms with van der Waals surface area (Å²) in [5, 5.41) is 0. The van der Waals surface area contributed by atoms with E-state index in [4.69, 9.17) is 0 Å². The smallest absolute Gasteiger partial charge is 0.275 e. The van der Waals surface area contributed by atoms with Crippen molar-refractivity contribution in [3.63, 3.8) is 0 Å². The summed E-state index contributed by atoms with van der Waals surface area (Å²) in [6.45, 7) is 11.5. The molecule has 0 unspecified atom stereocenters. The van der Waals surface area contributed by atoms with Crippen LogP contribution in [-0.2, 0) is 17.1 Å². The summed E-state index contributed by atoms with van der Waals surface area (Å²) in [4.78, 5) is 13.0. The summed E-state index contributed by atoms with van der Waals surface area (Å²) >= 11 is 0. The first-order valence-corrected chi connectivity index (χ1v) is 10.3. The summed E-state index contributed by atoms with van der Waals surface area (Å²) in [6.07, 6.45) is 0.681. The number of nitrogens with zero attached hydrogens (tertiary/aromatic N) is 2. The first-order valence-electron chi connectivity index (χ1n) is 8.84. The second kappa shape index (κ2) is 7.04. The van der Waals surface area contributed by atoms with E-state index in [9.17, 15) is 13.2 Å². The van der Waals surface area contributed by atoms with Gasteiger partial charge < -0.3 is 0 Å². The Labute approximate surface area is 155 Å². The number of rotatable bonds is 6. The largest absolute Gasteiger partial charge is 0.285 e. The standard InChI is InChI=1S/C19H29N3O3S/c1-8-19(5,6)20-26(24,25)16-11-9-15(10-12-16)22-18(23)17(13(2)3)14(4)21(22)7/h9-13,20H,8H2,1-7H3. The van der Waals surface area contributed by atoms with Gasteiger partial charge in [0.15, 0.2) is 0 Å². The van der Waals surface area contributed by atoms with Gasteiger partial charge in [-0.2, -0.15) is 0 Å². The molecule has 26 heavy (non-hydrogen) atoms. The average molecular weight is 380 g/mol. The lowest BCUT2D eigenvalue weighted by Crippen LogP contribution is -2.42. The lowest BCUT2D eigenvalue weighted by Gasteiger charge is -2.24. The number of hydrogen-bond acceptors (Lipinski definition) is 3. The van der Waals surface area contributed by atoms with Crippen LogP contribution in [0.3, 0.4) is 0 Å². The Morgan fingerprint density at radius 1 is 1.15 bits per heavy atom. The fourth-order valence-electron chi connectivity index (χ4n) is 2.95. The third-order valence-electron chi connectivity index (χ3n) is 4.86. The SMILES string of the molecule is CCC(C)(C)NS(=O)(=O)c1ccc(-n2c(=O)c(C(C)C)c(C)n2C)cc1. The normalized spacial score (nSPS) is 12.8. The molecule has 0 radical (unpaired) electrons. The fourth-order valence-corrected chi connectivity index (χ4v) is 4.43. The lowest BCUT2D eigenvalue weighted by molar-refractivity contribution is 0.439. The van der Waals surface area contributed by atoms with Gasteiger partial charge >= 0.3 is 0 Å². The highest BCUT2D eigenvalue weighted by atomic mass is 32.2. The van der Waals surface area contributed by atoms with E-state index < -0.39 is 15.6 Å². The molecule has 0 bridgehead atoms. The van der Waals surface area contributed by atoms with E-state index in [1.54, 1.807) is 21.5 Å². The van der Waals surface area contributed by atoms with Crippen molar-refractivity contribution in [3.05, 3.63) is 45.9 Å². The Balaban J connectivity index is 2.46. The van der Waals surface area contributed by atoms with Crippen molar-refractivity contribution < 1.29 is 8.42 Å². The van der Waals surface area contributed by atoms with E-state index in [0.717, 1.165) is 11.3 Å². The lowest BCUT2D eigenvalue weighted by atomic mass is 10.0. The Morgan fingerprint density at radius 2 is 1.69 bits per heavy atom. The van der Waals surface area contributed by atoms with Crippen molar-refractivity contribution in [3.8, 4) is 5.69 Å². The zero-order valence-corrected chi connectivity index (χ0v) is 17.4. The molecule has 0 spiro atoms. The van der Waals surface area contributed by atoms with Gasteiger partial charge in [0.1, 0.15) is 0 Å². The summed E-state index contributed by atoms with van der Waals surface area (Å²) in [5.74, 6) is 0.120. The highest BCUT2D eigenvalue weighted by molar-refractivity contribution is 7.89. The van der Waals surface area contributed by atoms with Crippen LogP contribution in [0.25, 0.3) is 5.69 Å². The van der Waals surface area contributed by atoms with Crippen molar-refractivity contribution in [2.45, 2.75) is 64.3 Å². The minimum absolute atomic E-state index is 0.0687. The molecule has 2 rings (SSSR count). The average Bonchev–Trinajstić information content (AvgIpc) is 2.76.